The van der Waals surface area contributed by atoms with Crippen molar-refractivity contribution < 1.29 is 65.3 Å². The molecule has 4 heterocycles. The lowest BCUT2D eigenvalue weighted by atomic mass is 9.95. The Labute approximate surface area is 350 Å². The second-order valence-electron chi connectivity index (χ2n) is 15.1. The summed E-state index contributed by atoms with van der Waals surface area (Å²) in [6, 6.07) is 38.8. The largest absolute Gasteiger partial charge is 0.365 e. The van der Waals surface area contributed by atoms with Crippen LogP contribution in [-0.2, 0) is 79.9 Å². The highest BCUT2D eigenvalue weighted by atomic mass is 32.2. The van der Waals surface area contributed by atoms with Crippen molar-refractivity contribution in [1.29, 1.82) is 0 Å². The van der Waals surface area contributed by atoms with E-state index < -0.39 is 83.8 Å². The monoisotopic (exact) mass is 848 g/mol. The number of sulfone groups is 1. The van der Waals surface area contributed by atoms with Gasteiger partial charge in [-0.2, -0.15) is 0 Å². The van der Waals surface area contributed by atoms with E-state index in [0.717, 1.165) is 28.5 Å². The molecule has 0 radical (unpaired) electrons. The molecule has 0 aromatic heterocycles. The standard InChI is InChI=1S/C45H52O14S/c1-48-44-41(51-26-31-17-9-4-10-18-31)39(37-35(55-44)28-53-43(58-37)33-21-13-6-14-22-33)59-45-40(50-25-30-15-7-3-8-16-30)38(54-29-49-23-24-60(2,46)47)36-34(56-45)27-52-42(57-36)32-19-11-5-12-20-32/h3-22,34-45H,23-29H2,1-2H3/t34-,35-,36-,37-,38+,39+,40+,41+,42?,43?,44+,45+/m1/s1. The minimum Gasteiger partial charge on any atom is -0.365 e. The summed E-state index contributed by atoms with van der Waals surface area (Å²) in [6.45, 7) is 0.422. The molecule has 60 heavy (non-hydrogen) atoms. The van der Waals surface area contributed by atoms with Crippen LogP contribution < -0.4 is 0 Å². The zero-order chi connectivity index (χ0) is 41.3. The van der Waals surface area contributed by atoms with Crippen molar-refractivity contribution in [2.24, 2.45) is 0 Å². The van der Waals surface area contributed by atoms with Crippen LogP contribution in [0.15, 0.2) is 121 Å². The van der Waals surface area contributed by atoms with Crippen LogP contribution in [0.4, 0.5) is 0 Å². The number of rotatable bonds is 17. The van der Waals surface area contributed by atoms with Crippen molar-refractivity contribution in [2.75, 3.05) is 45.7 Å². The first-order valence-electron chi connectivity index (χ1n) is 20.1. The summed E-state index contributed by atoms with van der Waals surface area (Å²) in [5.41, 5.74) is 3.50. The summed E-state index contributed by atoms with van der Waals surface area (Å²) >= 11 is 0. The first-order chi connectivity index (χ1) is 29.3. The summed E-state index contributed by atoms with van der Waals surface area (Å²) in [6.07, 6.45) is -8.43. The first-order valence-corrected chi connectivity index (χ1v) is 22.2. The van der Waals surface area contributed by atoms with E-state index in [4.69, 9.17) is 56.8 Å². The van der Waals surface area contributed by atoms with E-state index in [9.17, 15) is 8.42 Å². The summed E-state index contributed by atoms with van der Waals surface area (Å²) in [5.74, 6) is -0.165. The summed E-state index contributed by atoms with van der Waals surface area (Å²) < 4.78 is 102. The van der Waals surface area contributed by atoms with Crippen LogP contribution in [0.5, 0.6) is 0 Å². The van der Waals surface area contributed by atoms with Gasteiger partial charge in [-0.25, -0.2) is 8.42 Å². The van der Waals surface area contributed by atoms with Crippen LogP contribution in [0, 0.1) is 0 Å². The second kappa shape index (κ2) is 20.5. The predicted molar refractivity (Wildman–Crippen MR) is 215 cm³/mol. The van der Waals surface area contributed by atoms with Crippen LogP contribution in [0.25, 0.3) is 0 Å². The number of hydrogen-bond acceptors (Lipinski definition) is 14. The van der Waals surface area contributed by atoms with E-state index >= 15 is 0 Å². The molecule has 4 aromatic rings. The van der Waals surface area contributed by atoms with Gasteiger partial charge in [-0.15, -0.1) is 0 Å². The highest BCUT2D eigenvalue weighted by Crippen LogP contribution is 2.41. The molecule has 4 aliphatic heterocycles. The van der Waals surface area contributed by atoms with Gasteiger partial charge in [-0.1, -0.05) is 121 Å². The molecule has 0 amide bonds. The average molecular weight is 849 g/mol. The van der Waals surface area contributed by atoms with E-state index in [1.165, 1.54) is 0 Å². The lowest BCUT2D eigenvalue weighted by molar-refractivity contribution is -0.412. The highest BCUT2D eigenvalue weighted by molar-refractivity contribution is 7.90. The number of methoxy groups -OCH3 is 1. The molecule has 4 fully saturated rings. The van der Waals surface area contributed by atoms with Crippen molar-refractivity contribution in [3.8, 4) is 0 Å². The fourth-order valence-electron chi connectivity index (χ4n) is 7.73. The van der Waals surface area contributed by atoms with Gasteiger partial charge in [0, 0.05) is 24.5 Å². The van der Waals surface area contributed by atoms with E-state index in [-0.39, 0.29) is 45.6 Å². The van der Waals surface area contributed by atoms with Gasteiger partial charge in [0.25, 0.3) is 0 Å². The molecule has 4 saturated heterocycles. The predicted octanol–water partition coefficient (Wildman–Crippen LogP) is 5.27. The summed E-state index contributed by atoms with van der Waals surface area (Å²) in [7, 11) is -1.71. The molecule has 0 saturated carbocycles. The Morgan fingerprint density at radius 3 is 1.53 bits per heavy atom. The van der Waals surface area contributed by atoms with E-state index in [1.807, 2.05) is 121 Å². The van der Waals surface area contributed by atoms with Crippen molar-refractivity contribution >= 4 is 9.84 Å². The molecule has 14 nitrogen and oxygen atoms in total. The maximum Gasteiger partial charge on any atom is 0.187 e. The Bertz CT molecular complexity index is 1990. The second-order valence-corrected chi connectivity index (χ2v) is 17.3. The third kappa shape index (κ3) is 10.9. The van der Waals surface area contributed by atoms with Gasteiger partial charge in [-0.05, 0) is 11.1 Å². The van der Waals surface area contributed by atoms with Crippen LogP contribution in [0.2, 0.25) is 0 Å². The minimum atomic E-state index is -3.27. The van der Waals surface area contributed by atoms with Crippen LogP contribution in [0.3, 0.4) is 0 Å². The molecule has 2 unspecified atom stereocenters. The number of benzene rings is 4. The van der Waals surface area contributed by atoms with Crippen molar-refractivity contribution in [2.45, 2.75) is 87.2 Å². The highest BCUT2D eigenvalue weighted by Gasteiger charge is 2.57. The van der Waals surface area contributed by atoms with Crippen LogP contribution in [0.1, 0.15) is 34.8 Å². The Balaban J connectivity index is 1.13. The zero-order valence-corrected chi connectivity index (χ0v) is 34.4. The molecule has 15 heteroatoms. The van der Waals surface area contributed by atoms with Crippen molar-refractivity contribution in [3.63, 3.8) is 0 Å². The van der Waals surface area contributed by atoms with Gasteiger partial charge < -0.3 is 56.8 Å². The first kappa shape index (κ1) is 43.0. The van der Waals surface area contributed by atoms with Gasteiger partial charge in [0.15, 0.2) is 25.2 Å². The topological polar surface area (TPSA) is 145 Å². The Kier molecular flexibility index (Phi) is 14.7. The Hall–Kier alpha value is -3.65. The number of fused-ring (bicyclic) bond motifs is 2. The van der Waals surface area contributed by atoms with Crippen LogP contribution in [-0.4, -0.2) is 116 Å². The molecule has 0 bridgehead atoms. The third-order valence-corrected chi connectivity index (χ3v) is 11.7. The average Bonchev–Trinajstić information content (AvgIpc) is 3.28. The molecule has 4 aromatic carbocycles. The normalized spacial score (nSPS) is 31.8. The summed E-state index contributed by atoms with van der Waals surface area (Å²) in [4.78, 5) is 0. The van der Waals surface area contributed by atoms with E-state index in [0.29, 0.717) is 0 Å². The van der Waals surface area contributed by atoms with E-state index in [1.54, 1.807) is 7.11 Å². The number of hydrogen-bond donors (Lipinski definition) is 0. The minimum absolute atomic E-state index is 0.0613. The SMILES string of the molecule is CO[C@H]1O[C@@H]2COC(c3ccccc3)O[C@H]2[C@H](O[C@@H]2O[C@@H]3COC(c4ccccc4)O[C@H]3[C@H](OCOCCS(C)(=O)=O)[C@@H]2OCc2ccccc2)[C@@H]1OCc1ccccc1. The molecule has 322 valence electrons. The van der Waals surface area contributed by atoms with Gasteiger partial charge in [-0.3, -0.25) is 0 Å². The van der Waals surface area contributed by atoms with Gasteiger partial charge in [0.2, 0.25) is 0 Å². The molecule has 0 spiro atoms. The van der Waals surface area contributed by atoms with Crippen molar-refractivity contribution in [3.05, 3.63) is 144 Å². The fourth-order valence-corrected chi connectivity index (χ4v) is 8.15. The van der Waals surface area contributed by atoms with Gasteiger partial charge >= 0.3 is 0 Å². The lowest BCUT2D eigenvalue weighted by Gasteiger charge is -2.52. The maximum atomic E-state index is 11.9. The zero-order valence-electron chi connectivity index (χ0n) is 33.5. The molecule has 4 aliphatic rings. The molecule has 0 aliphatic carbocycles. The molecule has 8 rings (SSSR count). The summed E-state index contributed by atoms with van der Waals surface area (Å²) in [5, 5.41) is 0. The lowest BCUT2D eigenvalue weighted by Crippen LogP contribution is -2.68. The van der Waals surface area contributed by atoms with Crippen molar-refractivity contribution in [1.82, 2.24) is 0 Å². The van der Waals surface area contributed by atoms with E-state index in [2.05, 4.69) is 0 Å². The molecular weight excluding hydrogens is 797 g/mol. The third-order valence-electron chi connectivity index (χ3n) is 10.7. The van der Waals surface area contributed by atoms with Gasteiger partial charge in [0.05, 0.1) is 38.8 Å². The quantitative estimate of drug-likeness (QED) is 0.101. The molecule has 12 atom stereocenters. The van der Waals surface area contributed by atoms with Gasteiger partial charge in [0.1, 0.15) is 65.5 Å². The molecular formula is C45H52O14S. The fraction of sp³-hybridized carbons (Fsp3) is 0.467. The Morgan fingerprint density at radius 2 is 1.03 bits per heavy atom. The smallest absolute Gasteiger partial charge is 0.187 e. The Morgan fingerprint density at radius 1 is 0.567 bits per heavy atom. The molecule has 0 N–H and O–H groups in total. The maximum absolute atomic E-state index is 11.9. The number of ether oxygens (including phenoxy) is 12. The van der Waals surface area contributed by atoms with Crippen LogP contribution >= 0.6 is 0 Å².